The van der Waals surface area contributed by atoms with Crippen LogP contribution in [0.3, 0.4) is 0 Å². The fourth-order valence-electron chi connectivity index (χ4n) is 0.504. The van der Waals surface area contributed by atoms with Crippen LogP contribution in [-0.2, 0) is 4.74 Å². The average Bonchev–Trinajstić information content (AvgIpc) is 2.00. The lowest BCUT2D eigenvalue weighted by Crippen LogP contribution is -2.24. The molecule has 0 saturated heterocycles. The maximum absolute atomic E-state index is 7.36. The summed E-state index contributed by atoms with van der Waals surface area (Å²) in [5.74, 6) is 0.359. The molecule has 0 aromatic rings. The van der Waals surface area contributed by atoms with Crippen LogP contribution in [-0.4, -0.2) is 37.8 Å². The minimum atomic E-state index is 0.303. The Kier molecular flexibility index (Phi) is 5.37. The first-order valence-corrected chi connectivity index (χ1v) is 3.54. The smallest absolute Gasteiger partial charge is 0.143 e. The van der Waals surface area contributed by atoms with Gasteiger partial charge in [-0.25, -0.2) is 0 Å². The van der Waals surface area contributed by atoms with Crippen LogP contribution < -0.4 is 0 Å². The molecule has 0 spiro atoms. The molecule has 0 fully saturated rings. The van der Waals surface area contributed by atoms with E-state index in [1.807, 2.05) is 6.92 Å². The highest BCUT2D eigenvalue weighted by molar-refractivity contribution is 5.80. The number of rotatable bonds is 4. The van der Waals surface area contributed by atoms with Crippen LogP contribution in [0.2, 0.25) is 0 Å². The van der Waals surface area contributed by atoms with Crippen molar-refractivity contribution in [1.82, 2.24) is 5.01 Å². The zero-order chi connectivity index (χ0) is 8.69. The predicted octanol–water partition coefficient (Wildman–Crippen LogP) is 0.938. The monoisotopic (exact) mass is 157 g/mol. The molecule has 0 aromatic heterocycles. The van der Waals surface area contributed by atoms with Crippen molar-refractivity contribution >= 4 is 12.1 Å². The summed E-state index contributed by atoms with van der Waals surface area (Å²) in [5, 5.41) is 12.8. The van der Waals surface area contributed by atoms with Gasteiger partial charge < -0.3 is 4.74 Å². The Bertz CT molecular complexity index is 145. The van der Waals surface area contributed by atoms with Crippen molar-refractivity contribution in [2.24, 2.45) is 5.10 Å². The van der Waals surface area contributed by atoms with Gasteiger partial charge in [0.1, 0.15) is 12.4 Å². The third-order valence-corrected chi connectivity index (χ3v) is 1.11. The molecule has 0 aliphatic heterocycles. The highest BCUT2D eigenvalue weighted by atomic mass is 16.5. The third-order valence-electron chi connectivity index (χ3n) is 1.11. The molecule has 4 nitrogen and oxygen atoms in total. The Morgan fingerprint density at radius 3 is 2.82 bits per heavy atom. The number of nitrogens with one attached hydrogen (secondary N) is 1. The number of methoxy groups -OCH3 is 1. The van der Waals surface area contributed by atoms with Gasteiger partial charge in [0.25, 0.3) is 0 Å². The van der Waals surface area contributed by atoms with Gasteiger partial charge in [-0.3, -0.25) is 10.4 Å². The van der Waals surface area contributed by atoms with Crippen LogP contribution in [0.15, 0.2) is 5.10 Å². The lowest BCUT2D eigenvalue weighted by atomic mass is 10.5. The number of nitrogens with zero attached hydrogens (tertiary/aromatic N) is 2. The number of hydrazone groups is 1. The van der Waals surface area contributed by atoms with Crippen molar-refractivity contribution in [3.8, 4) is 0 Å². The van der Waals surface area contributed by atoms with Crippen molar-refractivity contribution in [1.29, 1.82) is 5.41 Å². The standard InChI is InChI=1S/C7H15N3O/c1-4-5-9-10(2)7(8)6-11-3/h5,8H,4,6H2,1-3H3/b8-7?,9-5+. The molecule has 0 amide bonds. The second kappa shape index (κ2) is 5.85. The largest absolute Gasteiger partial charge is 0.377 e. The quantitative estimate of drug-likeness (QED) is 0.375. The second-order valence-electron chi connectivity index (χ2n) is 2.11. The summed E-state index contributed by atoms with van der Waals surface area (Å²) in [6, 6.07) is 0. The fourth-order valence-corrected chi connectivity index (χ4v) is 0.504. The van der Waals surface area contributed by atoms with Crippen LogP contribution in [0.4, 0.5) is 0 Å². The van der Waals surface area contributed by atoms with E-state index in [0.29, 0.717) is 12.4 Å². The molecule has 0 bridgehead atoms. The predicted molar refractivity (Wildman–Crippen MR) is 46.1 cm³/mol. The third kappa shape index (κ3) is 4.50. The first-order valence-electron chi connectivity index (χ1n) is 3.54. The number of amidine groups is 1. The van der Waals surface area contributed by atoms with E-state index in [-0.39, 0.29) is 0 Å². The van der Waals surface area contributed by atoms with Gasteiger partial charge in [0.15, 0.2) is 0 Å². The number of likely N-dealkylation sites (N-methyl/N-ethyl adjacent to an activating group) is 1. The summed E-state index contributed by atoms with van der Waals surface area (Å²) < 4.78 is 4.76. The summed E-state index contributed by atoms with van der Waals surface area (Å²) in [6.45, 7) is 2.30. The van der Waals surface area contributed by atoms with Gasteiger partial charge in [-0.05, 0) is 6.42 Å². The van der Waals surface area contributed by atoms with Crippen LogP contribution in [0.1, 0.15) is 13.3 Å². The maximum Gasteiger partial charge on any atom is 0.143 e. The molecule has 4 heteroatoms. The Balaban J connectivity index is 3.72. The molecule has 0 heterocycles. The molecule has 0 unspecified atom stereocenters. The molecule has 0 saturated carbocycles. The van der Waals surface area contributed by atoms with Gasteiger partial charge in [0.2, 0.25) is 0 Å². The van der Waals surface area contributed by atoms with Crippen molar-refractivity contribution in [2.45, 2.75) is 13.3 Å². The number of hydrogen-bond acceptors (Lipinski definition) is 3. The molecule has 0 aromatic carbocycles. The summed E-state index contributed by atoms with van der Waals surface area (Å²) in [7, 11) is 3.29. The van der Waals surface area contributed by atoms with Crippen molar-refractivity contribution < 1.29 is 4.74 Å². The van der Waals surface area contributed by atoms with Crippen molar-refractivity contribution in [3.05, 3.63) is 0 Å². The Morgan fingerprint density at radius 2 is 2.36 bits per heavy atom. The molecule has 1 N–H and O–H groups in total. The molecule has 0 radical (unpaired) electrons. The van der Waals surface area contributed by atoms with E-state index in [1.165, 1.54) is 5.01 Å². The molecule has 0 aliphatic carbocycles. The Labute approximate surface area is 67.4 Å². The topological polar surface area (TPSA) is 48.7 Å². The highest BCUT2D eigenvalue weighted by Crippen LogP contribution is 1.86. The lowest BCUT2D eigenvalue weighted by molar-refractivity contribution is 0.233. The van der Waals surface area contributed by atoms with E-state index in [2.05, 4.69) is 5.10 Å². The summed E-state index contributed by atoms with van der Waals surface area (Å²) in [5.41, 5.74) is 0. The highest BCUT2D eigenvalue weighted by Gasteiger charge is 1.98. The van der Waals surface area contributed by atoms with Gasteiger partial charge >= 0.3 is 0 Å². The Hall–Kier alpha value is -0.900. The Morgan fingerprint density at radius 1 is 1.73 bits per heavy atom. The van der Waals surface area contributed by atoms with Crippen LogP contribution in [0.5, 0.6) is 0 Å². The zero-order valence-electron chi connectivity index (χ0n) is 7.29. The lowest BCUT2D eigenvalue weighted by Gasteiger charge is -2.12. The first-order chi connectivity index (χ1) is 5.22. The average molecular weight is 157 g/mol. The van der Waals surface area contributed by atoms with Gasteiger partial charge in [-0.2, -0.15) is 5.10 Å². The van der Waals surface area contributed by atoms with E-state index in [9.17, 15) is 0 Å². The van der Waals surface area contributed by atoms with Crippen LogP contribution in [0.25, 0.3) is 0 Å². The summed E-state index contributed by atoms with van der Waals surface area (Å²) >= 11 is 0. The van der Waals surface area contributed by atoms with E-state index in [4.69, 9.17) is 10.1 Å². The van der Waals surface area contributed by atoms with Crippen LogP contribution in [0, 0.1) is 5.41 Å². The van der Waals surface area contributed by atoms with Crippen molar-refractivity contribution in [3.63, 3.8) is 0 Å². The minimum Gasteiger partial charge on any atom is -0.377 e. The molecule has 0 rings (SSSR count). The van der Waals surface area contributed by atoms with Gasteiger partial charge in [0, 0.05) is 20.4 Å². The van der Waals surface area contributed by atoms with E-state index >= 15 is 0 Å². The molecule has 0 aliphatic rings. The zero-order valence-corrected chi connectivity index (χ0v) is 7.29. The molecule has 64 valence electrons. The fraction of sp³-hybridized carbons (Fsp3) is 0.714. The van der Waals surface area contributed by atoms with Gasteiger partial charge in [-0.1, -0.05) is 6.92 Å². The number of hydrogen-bond donors (Lipinski definition) is 1. The van der Waals surface area contributed by atoms with E-state index in [1.54, 1.807) is 20.4 Å². The van der Waals surface area contributed by atoms with Crippen molar-refractivity contribution in [2.75, 3.05) is 20.8 Å². The molecular weight excluding hydrogens is 142 g/mol. The normalized spacial score (nSPS) is 10.5. The summed E-state index contributed by atoms with van der Waals surface area (Å²) in [6.07, 6.45) is 2.63. The van der Waals surface area contributed by atoms with E-state index < -0.39 is 0 Å². The molecular formula is C7H15N3O. The maximum atomic E-state index is 7.36. The van der Waals surface area contributed by atoms with Crippen LogP contribution >= 0.6 is 0 Å². The summed E-state index contributed by atoms with van der Waals surface area (Å²) in [4.78, 5) is 0. The van der Waals surface area contributed by atoms with Gasteiger partial charge in [-0.15, -0.1) is 0 Å². The van der Waals surface area contributed by atoms with Gasteiger partial charge in [0.05, 0.1) is 0 Å². The number of ether oxygens (including phenoxy) is 1. The van der Waals surface area contributed by atoms with E-state index in [0.717, 1.165) is 6.42 Å². The molecule has 11 heavy (non-hydrogen) atoms. The second-order valence-corrected chi connectivity index (χ2v) is 2.11. The SMILES string of the molecule is CC/C=N/N(C)C(=N)COC. The molecule has 0 atom stereocenters. The minimum absolute atomic E-state index is 0.303. The first kappa shape index (κ1) is 10.1.